The minimum atomic E-state index is -0.644. The van der Waals surface area contributed by atoms with E-state index in [1.807, 2.05) is 0 Å². The van der Waals surface area contributed by atoms with Crippen molar-refractivity contribution in [2.75, 3.05) is 0 Å². The summed E-state index contributed by atoms with van der Waals surface area (Å²) in [6.45, 7) is 0. The molecule has 4 nitrogen and oxygen atoms in total. The van der Waals surface area contributed by atoms with E-state index in [0.717, 1.165) is 11.3 Å². The molecule has 106 valence electrons. The van der Waals surface area contributed by atoms with E-state index in [9.17, 15) is 9.18 Å². The van der Waals surface area contributed by atoms with E-state index in [0.29, 0.717) is 10.4 Å². The molecule has 1 aliphatic heterocycles. The Hall–Kier alpha value is -1.76. The van der Waals surface area contributed by atoms with Gasteiger partial charge in [-0.3, -0.25) is 0 Å². The summed E-state index contributed by atoms with van der Waals surface area (Å²) in [6.07, 6.45) is 1.43. The van der Waals surface area contributed by atoms with Gasteiger partial charge in [-0.25, -0.2) is 19.2 Å². The number of esters is 1. The van der Waals surface area contributed by atoms with Gasteiger partial charge in [0.2, 0.25) is 5.90 Å². The third-order valence-electron chi connectivity index (χ3n) is 2.54. The number of aromatic nitrogens is 1. The number of cyclic esters (lactones) is 1. The molecule has 0 N–H and O–H groups in total. The lowest BCUT2D eigenvalue weighted by atomic mass is 10.2. The number of aliphatic imine (C=N–C) groups is 1. The Morgan fingerprint density at radius 3 is 2.81 bits per heavy atom. The van der Waals surface area contributed by atoms with Crippen LogP contribution in [0.2, 0.25) is 9.62 Å². The molecular formula is C13H5Cl2FN2O2S. The maximum Gasteiger partial charge on any atom is 0.363 e. The molecule has 0 unspecified atom stereocenters. The average Bonchev–Trinajstić information content (AvgIpc) is 2.94. The molecule has 2 heterocycles. The topological polar surface area (TPSA) is 51.5 Å². The molecule has 1 aliphatic rings. The van der Waals surface area contributed by atoms with Gasteiger partial charge in [0.25, 0.3) is 0 Å². The Kier molecular flexibility index (Phi) is 3.75. The normalized spacial score (nSPS) is 16.2. The molecule has 0 amide bonds. The molecule has 1 aromatic heterocycles. The van der Waals surface area contributed by atoms with E-state index < -0.39 is 11.8 Å². The molecule has 2 aromatic rings. The quantitative estimate of drug-likeness (QED) is 0.613. The zero-order chi connectivity index (χ0) is 15.0. The van der Waals surface area contributed by atoms with Crippen LogP contribution in [0, 0.1) is 5.82 Å². The van der Waals surface area contributed by atoms with E-state index in [2.05, 4.69) is 9.98 Å². The molecule has 0 fully saturated rings. The van der Waals surface area contributed by atoms with Gasteiger partial charge in [0, 0.05) is 5.56 Å². The average molecular weight is 343 g/mol. The zero-order valence-electron chi connectivity index (χ0n) is 10.1. The van der Waals surface area contributed by atoms with E-state index >= 15 is 0 Å². The highest BCUT2D eigenvalue weighted by Gasteiger charge is 2.25. The Bertz CT molecular complexity index is 801. The molecule has 0 saturated carbocycles. The standard InChI is InChI=1S/C13H5Cl2FN2O2S/c14-10-9(21-13(15)18-10)5-8-12(19)20-11(17-8)6-2-1-3-7(16)4-6/h1-5H. The van der Waals surface area contributed by atoms with Crippen molar-refractivity contribution in [1.29, 1.82) is 0 Å². The number of hydrogen-bond donors (Lipinski definition) is 0. The van der Waals surface area contributed by atoms with E-state index in [1.165, 1.54) is 24.3 Å². The number of carbonyl (C=O) groups is 1. The molecule has 0 aliphatic carbocycles. The lowest BCUT2D eigenvalue weighted by molar-refractivity contribution is -0.129. The smallest absolute Gasteiger partial charge is 0.363 e. The second-order valence-electron chi connectivity index (χ2n) is 3.97. The molecule has 3 rings (SSSR count). The number of ether oxygens (including phenoxy) is 1. The number of rotatable bonds is 2. The Balaban J connectivity index is 1.97. The highest BCUT2D eigenvalue weighted by atomic mass is 35.5. The number of benzene rings is 1. The van der Waals surface area contributed by atoms with Gasteiger partial charge in [0.1, 0.15) is 11.0 Å². The van der Waals surface area contributed by atoms with Crippen LogP contribution < -0.4 is 0 Å². The van der Waals surface area contributed by atoms with Gasteiger partial charge in [-0.1, -0.05) is 29.3 Å². The monoisotopic (exact) mass is 342 g/mol. The maximum atomic E-state index is 13.2. The Morgan fingerprint density at radius 2 is 2.14 bits per heavy atom. The molecule has 0 radical (unpaired) electrons. The number of halogens is 3. The van der Waals surface area contributed by atoms with Crippen molar-refractivity contribution >= 4 is 52.5 Å². The van der Waals surface area contributed by atoms with Crippen LogP contribution in [0.1, 0.15) is 10.4 Å². The van der Waals surface area contributed by atoms with Gasteiger partial charge >= 0.3 is 5.97 Å². The van der Waals surface area contributed by atoms with Crippen LogP contribution in [0.25, 0.3) is 6.08 Å². The molecule has 0 bridgehead atoms. The second kappa shape index (κ2) is 5.55. The number of thiazole rings is 1. The van der Waals surface area contributed by atoms with Crippen LogP contribution in [0.3, 0.4) is 0 Å². The summed E-state index contributed by atoms with van der Waals surface area (Å²) in [5.41, 5.74) is 0.427. The maximum absolute atomic E-state index is 13.2. The molecule has 0 saturated heterocycles. The summed E-state index contributed by atoms with van der Waals surface area (Å²) in [5.74, 6) is -1.05. The molecule has 0 atom stereocenters. The SMILES string of the molecule is O=C1OC(c2cccc(F)c2)=NC1=Cc1sc(Cl)nc1Cl. The van der Waals surface area contributed by atoms with Gasteiger partial charge < -0.3 is 4.74 Å². The first-order valence-electron chi connectivity index (χ1n) is 5.63. The Morgan fingerprint density at radius 1 is 1.33 bits per heavy atom. The minimum absolute atomic E-state index is 0.0393. The Labute approximate surface area is 132 Å². The van der Waals surface area contributed by atoms with E-state index in [4.69, 9.17) is 27.9 Å². The molecule has 0 spiro atoms. The van der Waals surface area contributed by atoms with E-state index in [1.54, 1.807) is 6.07 Å². The summed E-state index contributed by atoms with van der Waals surface area (Å²) >= 11 is 12.7. The van der Waals surface area contributed by atoms with Gasteiger partial charge in [-0.2, -0.15) is 0 Å². The van der Waals surface area contributed by atoms with Crippen molar-refractivity contribution in [3.63, 3.8) is 0 Å². The fourth-order valence-electron chi connectivity index (χ4n) is 1.66. The van der Waals surface area contributed by atoms with Crippen molar-refractivity contribution in [2.45, 2.75) is 0 Å². The molecular weight excluding hydrogens is 338 g/mol. The van der Waals surface area contributed by atoms with Crippen LogP contribution in [-0.4, -0.2) is 16.9 Å². The van der Waals surface area contributed by atoms with Gasteiger partial charge in [-0.15, -0.1) is 11.3 Å². The molecule has 8 heteroatoms. The summed E-state index contributed by atoms with van der Waals surface area (Å²) in [5, 5.41) is 0.180. The minimum Gasteiger partial charge on any atom is -0.402 e. The van der Waals surface area contributed by atoms with Gasteiger partial charge in [0.15, 0.2) is 10.2 Å². The predicted octanol–water partition coefficient (Wildman–Crippen LogP) is 3.93. The first-order valence-corrected chi connectivity index (χ1v) is 7.20. The lowest BCUT2D eigenvalue weighted by Gasteiger charge is -1.98. The van der Waals surface area contributed by atoms with Gasteiger partial charge in [0.05, 0.1) is 4.88 Å². The fraction of sp³-hybridized carbons (Fsp3) is 0. The van der Waals surface area contributed by atoms with Gasteiger partial charge in [-0.05, 0) is 24.3 Å². The van der Waals surface area contributed by atoms with Crippen LogP contribution in [0.4, 0.5) is 4.39 Å². The number of carbonyl (C=O) groups excluding carboxylic acids is 1. The summed E-state index contributed by atoms with van der Waals surface area (Å²) < 4.78 is 18.4. The van der Waals surface area contributed by atoms with Crippen LogP contribution in [-0.2, 0) is 9.53 Å². The van der Waals surface area contributed by atoms with Crippen LogP contribution in [0.15, 0.2) is 35.0 Å². The van der Waals surface area contributed by atoms with Crippen molar-refractivity contribution in [3.05, 3.63) is 55.8 Å². The second-order valence-corrected chi connectivity index (χ2v) is 5.94. The van der Waals surface area contributed by atoms with Crippen molar-refractivity contribution in [3.8, 4) is 0 Å². The zero-order valence-corrected chi connectivity index (χ0v) is 12.5. The lowest BCUT2D eigenvalue weighted by Crippen LogP contribution is -2.05. The van der Waals surface area contributed by atoms with E-state index in [-0.39, 0.29) is 21.2 Å². The summed E-state index contributed by atoms with van der Waals surface area (Å²) in [4.78, 5) is 20.1. The van der Waals surface area contributed by atoms with Crippen molar-refractivity contribution in [1.82, 2.24) is 4.98 Å². The first kappa shape index (κ1) is 14.2. The molecule has 1 aromatic carbocycles. The first-order chi connectivity index (χ1) is 10.0. The predicted molar refractivity (Wildman–Crippen MR) is 79.1 cm³/mol. The van der Waals surface area contributed by atoms with Crippen molar-refractivity contribution < 1.29 is 13.9 Å². The third-order valence-corrected chi connectivity index (χ3v) is 4.05. The summed E-state index contributed by atoms with van der Waals surface area (Å²) in [6, 6.07) is 5.61. The third kappa shape index (κ3) is 2.97. The highest BCUT2D eigenvalue weighted by Crippen LogP contribution is 2.30. The summed E-state index contributed by atoms with van der Waals surface area (Å²) in [7, 11) is 0. The van der Waals surface area contributed by atoms with Crippen LogP contribution in [0.5, 0.6) is 0 Å². The number of hydrogen-bond acceptors (Lipinski definition) is 5. The highest BCUT2D eigenvalue weighted by molar-refractivity contribution is 7.17. The van der Waals surface area contributed by atoms with Crippen molar-refractivity contribution in [2.24, 2.45) is 4.99 Å². The molecule has 21 heavy (non-hydrogen) atoms. The number of nitrogens with zero attached hydrogens (tertiary/aromatic N) is 2. The largest absolute Gasteiger partial charge is 0.402 e. The fourth-order valence-corrected chi connectivity index (χ4v) is 2.96. The van der Waals surface area contributed by atoms with Crippen LogP contribution >= 0.6 is 34.5 Å².